The van der Waals surface area contributed by atoms with Crippen molar-refractivity contribution in [3.05, 3.63) is 63.7 Å². The molecule has 0 aliphatic rings. The van der Waals surface area contributed by atoms with Crippen LogP contribution in [-0.2, 0) is 20.0 Å². The summed E-state index contributed by atoms with van der Waals surface area (Å²) in [6, 6.07) is 10.1. The largest absolute Gasteiger partial charge is 0.289 e. The van der Waals surface area contributed by atoms with E-state index in [9.17, 15) is 26.9 Å². The Morgan fingerprint density at radius 2 is 1.69 bits per heavy atom. The summed E-state index contributed by atoms with van der Waals surface area (Å²) in [6.07, 6.45) is 0.196. The highest BCUT2D eigenvalue weighted by molar-refractivity contribution is 8.10. The summed E-state index contributed by atoms with van der Waals surface area (Å²) in [4.78, 5) is 9.65. The first-order chi connectivity index (χ1) is 12.1. The lowest BCUT2D eigenvalue weighted by atomic mass is 10.3. The molecule has 0 atom stereocenters. The summed E-state index contributed by atoms with van der Waals surface area (Å²) in [5.74, 6) is -0.406. The van der Waals surface area contributed by atoms with Crippen LogP contribution in [0.15, 0.2) is 53.4 Å². The first-order valence-corrected chi connectivity index (χ1v) is 10.8. The molecule has 0 heterocycles. The molecule has 0 spiro atoms. The molecule has 0 saturated heterocycles. The fourth-order valence-electron chi connectivity index (χ4n) is 2.23. The molecule has 8 nitrogen and oxygen atoms in total. The van der Waals surface area contributed by atoms with Crippen LogP contribution in [0, 0.1) is 10.1 Å². The Kier molecular flexibility index (Phi) is 5.89. The topological polar surface area (TPSA) is 115 Å². The van der Waals surface area contributed by atoms with Gasteiger partial charge in [0.25, 0.3) is 15.7 Å². The van der Waals surface area contributed by atoms with E-state index in [1.807, 2.05) is 0 Å². The fourth-order valence-corrected chi connectivity index (χ4v) is 6.31. The molecule has 2 aromatic rings. The number of hydrogen-bond acceptors (Lipinski definition) is 6. The van der Waals surface area contributed by atoms with E-state index in [0.29, 0.717) is 3.71 Å². The van der Waals surface area contributed by atoms with Crippen LogP contribution in [0.1, 0.15) is 13.3 Å². The maximum absolute atomic E-state index is 13.0. The van der Waals surface area contributed by atoms with E-state index in [0.717, 1.165) is 18.2 Å². The Bertz CT molecular complexity index is 1020. The number of nitrogens with zero attached hydrogens (tertiary/aromatic N) is 2. The van der Waals surface area contributed by atoms with Gasteiger partial charge in [0.2, 0.25) is 10.0 Å². The van der Waals surface area contributed by atoms with Gasteiger partial charge in [-0.1, -0.05) is 36.7 Å². The van der Waals surface area contributed by atoms with Crippen molar-refractivity contribution < 1.29 is 21.8 Å². The summed E-state index contributed by atoms with van der Waals surface area (Å²) >= 11 is 5.71. The van der Waals surface area contributed by atoms with Gasteiger partial charge in [0.1, 0.15) is 5.02 Å². The van der Waals surface area contributed by atoms with Crippen molar-refractivity contribution in [3.8, 4) is 0 Å². The summed E-state index contributed by atoms with van der Waals surface area (Å²) < 4.78 is 51.6. The number of nitro groups is 1. The van der Waals surface area contributed by atoms with Crippen molar-refractivity contribution in [2.45, 2.75) is 18.2 Å². The third-order valence-corrected chi connectivity index (χ3v) is 8.04. The first-order valence-electron chi connectivity index (χ1n) is 7.38. The van der Waals surface area contributed by atoms with Crippen molar-refractivity contribution in [1.82, 2.24) is 0 Å². The van der Waals surface area contributed by atoms with Gasteiger partial charge >= 0.3 is 0 Å². The molecule has 0 amide bonds. The van der Waals surface area contributed by atoms with E-state index in [2.05, 4.69) is 0 Å². The molecule has 0 bridgehead atoms. The number of nitro benzene ring substituents is 1. The minimum atomic E-state index is -4.62. The number of sulfonamides is 2. The third-order valence-electron chi connectivity index (χ3n) is 3.31. The number of benzene rings is 2. The minimum absolute atomic E-state index is 0.0847. The van der Waals surface area contributed by atoms with Crippen molar-refractivity contribution in [3.63, 3.8) is 0 Å². The number of anilines is 1. The molecule has 11 heteroatoms. The summed E-state index contributed by atoms with van der Waals surface area (Å²) in [7, 11) is -8.86. The predicted octanol–water partition coefficient (Wildman–Crippen LogP) is 3.18. The fraction of sp³-hybridized carbons (Fsp3) is 0.200. The summed E-state index contributed by atoms with van der Waals surface area (Å²) in [5.41, 5.74) is -0.716. The molecule has 0 aromatic heterocycles. The van der Waals surface area contributed by atoms with E-state index in [4.69, 9.17) is 11.6 Å². The van der Waals surface area contributed by atoms with Crippen LogP contribution in [0.4, 0.5) is 11.4 Å². The van der Waals surface area contributed by atoms with Gasteiger partial charge < -0.3 is 0 Å². The van der Waals surface area contributed by atoms with Crippen molar-refractivity contribution in [1.29, 1.82) is 0 Å². The highest BCUT2D eigenvalue weighted by atomic mass is 35.5. The van der Waals surface area contributed by atoms with Gasteiger partial charge in [-0.15, -0.1) is 0 Å². The number of rotatable bonds is 7. The monoisotopic (exact) mass is 418 g/mol. The predicted molar refractivity (Wildman–Crippen MR) is 98.3 cm³/mol. The highest BCUT2D eigenvalue weighted by Crippen LogP contribution is 2.32. The quantitative estimate of drug-likeness (QED) is 0.503. The lowest BCUT2D eigenvalue weighted by molar-refractivity contribution is -0.384. The van der Waals surface area contributed by atoms with Gasteiger partial charge in [0, 0.05) is 6.07 Å². The average molecular weight is 419 g/mol. The standard InChI is InChI=1S/C15H15ClN2O6S2/c1-2-10-25(21,22)18(12-6-4-3-5-7-12)26(23,24)13-8-9-14(16)15(11-13)17(19)20/h3-9,11H,2,10H2,1H3. The van der Waals surface area contributed by atoms with Crippen LogP contribution in [0.3, 0.4) is 0 Å². The second kappa shape index (κ2) is 7.60. The Labute approximate surface area is 156 Å². The second-order valence-corrected chi connectivity index (χ2v) is 9.59. The maximum Gasteiger partial charge on any atom is 0.289 e. The third kappa shape index (κ3) is 3.97. The molecule has 0 radical (unpaired) electrons. The molecule has 140 valence electrons. The first kappa shape index (κ1) is 20.1. The van der Waals surface area contributed by atoms with Crippen LogP contribution in [-0.4, -0.2) is 27.5 Å². The van der Waals surface area contributed by atoms with E-state index < -0.39 is 41.3 Å². The summed E-state index contributed by atoms with van der Waals surface area (Å²) in [5, 5.41) is 10.8. The van der Waals surface area contributed by atoms with Crippen molar-refractivity contribution >= 4 is 43.0 Å². The SMILES string of the molecule is CCCS(=O)(=O)N(c1ccccc1)S(=O)(=O)c1ccc(Cl)c([N+](=O)[O-])c1. The molecule has 26 heavy (non-hydrogen) atoms. The zero-order chi connectivity index (χ0) is 19.5. The maximum atomic E-state index is 13.0. The number of hydrogen-bond donors (Lipinski definition) is 0. The van der Waals surface area contributed by atoms with E-state index in [1.165, 1.54) is 24.3 Å². The van der Waals surface area contributed by atoms with Crippen LogP contribution in [0.25, 0.3) is 0 Å². The molecule has 2 aromatic carbocycles. The Morgan fingerprint density at radius 1 is 1.08 bits per heavy atom. The van der Waals surface area contributed by atoms with Gasteiger partial charge in [-0.3, -0.25) is 10.1 Å². The van der Waals surface area contributed by atoms with Gasteiger partial charge in [-0.05, 0) is 30.7 Å². The molecule has 2 rings (SSSR count). The molecule has 0 saturated carbocycles. The van der Waals surface area contributed by atoms with Gasteiger partial charge in [-0.25, -0.2) is 16.8 Å². The lowest BCUT2D eigenvalue weighted by Crippen LogP contribution is -2.38. The van der Waals surface area contributed by atoms with Crippen molar-refractivity contribution in [2.75, 3.05) is 9.46 Å². The number of para-hydroxylation sites is 1. The average Bonchev–Trinajstić information content (AvgIpc) is 2.55. The Balaban J connectivity index is 2.72. The van der Waals surface area contributed by atoms with Crippen molar-refractivity contribution in [2.24, 2.45) is 0 Å². The molecule has 0 N–H and O–H groups in total. The van der Waals surface area contributed by atoms with E-state index in [1.54, 1.807) is 13.0 Å². The molecular weight excluding hydrogens is 404 g/mol. The molecular formula is C15H15ClN2O6S2. The minimum Gasteiger partial charge on any atom is -0.258 e. The smallest absolute Gasteiger partial charge is 0.258 e. The Morgan fingerprint density at radius 3 is 2.23 bits per heavy atom. The van der Waals surface area contributed by atoms with E-state index >= 15 is 0 Å². The lowest BCUT2D eigenvalue weighted by Gasteiger charge is -2.23. The number of halogens is 1. The van der Waals surface area contributed by atoms with Crippen LogP contribution in [0.2, 0.25) is 5.02 Å². The zero-order valence-electron chi connectivity index (χ0n) is 13.6. The molecule has 0 fully saturated rings. The van der Waals surface area contributed by atoms with Gasteiger partial charge in [0.05, 0.1) is 21.3 Å². The molecule has 0 aliphatic heterocycles. The van der Waals surface area contributed by atoms with Crippen LogP contribution >= 0.6 is 11.6 Å². The second-order valence-electron chi connectivity index (χ2n) is 5.22. The summed E-state index contributed by atoms with van der Waals surface area (Å²) in [6.45, 7) is 1.60. The van der Waals surface area contributed by atoms with Crippen LogP contribution < -0.4 is 3.71 Å². The van der Waals surface area contributed by atoms with Gasteiger partial charge in [0.15, 0.2) is 0 Å². The van der Waals surface area contributed by atoms with Gasteiger partial charge in [-0.2, -0.15) is 3.71 Å². The Hall–Kier alpha value is -2.17. The van der Waals surface area contributed by atoms with Crippen LogP contribution in [0.5, 0.6) is 0 Å². The highest BCUT2D eigenvalue weighted by Gasteiger charge is 2.36. The normalized spacial score (nSPS) is 11.9. The molecule has 0 aliphatic carbocycles. The molecule has 0 unspecified atom stereocenters. The zero-order valence-corrected chi connectivity index (χ0v) is 16.0. The van der Waals surface area contributed by atoms with E-state index in [-0.39, 0.29) is 17.1 Å².